The van der Waals surface area contributed by atoms with Crippen molar-refractivity contribution in [3.8, 4) is 0 Å². The Morgan fingerprint density at radius 1 is 1.00 bits per heavy atom. The van der Waals surface area contributed by atoms with E-state index in [2.05, 4.69) is 20.5 Å². The smallest absolute Gasteiger partial charge is 0.340 e. The van der Waals surface area contributed by atoms with Crippen molar-refractivity contribution >= 4 is 28.2 Å². The Bertz CT molecular complexity index is 1080. The maximum absolute atomic E-state index is 12.9. The van der Waals surface area contributed by atoms with Gasteiger partial charge in [0.15, 0.2) is 0 Å². The van der Waals surface area contributed by atoms with E-state index in [4.69, 9.17) is 0 Å². The molecule has 4 aromatic rings. The lowest BCUT2D eigenvalue weighted by Gasteiger charge is -2.12. The van der Waals surface area contributed by atoms with Gasteiger partial charge in [0.1, 0.15) is 11.6 Å². The third-order valence-electron chi connectivity index (χ3n) is 3.87. The van der Waals surface area contributed by atoms with Crippen molar-refractivity contribution in [2.24, 2.45) is 0 Å². The van der Waals surface area contributed by atoms with Gasteiger partial charge in [-0.15, -0.1) is 10.2 Å². The molecule has 4 rings (SSSR count). The van der Waals surface area contributed by atoms with Gasteiger partial charge in [0.25, 0.3) is 5.78 Å². The van der Waals surface area contributed by atoms with Crippen LogP contribution in [0.2, 0.25) is 0 Å². The molecule has 0 spiro atoms. The fourth-order valence-electron chi connectivity index (χ4n) is 2.74. The Morgan fingerprint density at radius 2 is 1.80 bits per heavy atom. The number of para-hydroxylation sites is 1. The van der Waals surface area contributed by atoms with Gasteiger partial charge in [-0.25, -0.2) is 0 Å². The molecule has 2 aromatic carbocycles. The molecule has 1 N–H and O–H groups in total. The summed E-state index contributed by atoms with van der Waals surface area (Å²) in [6.45, 7) is 1.81. The van der Waals surface area contributed by atoms with Gasteiger partial charge in [0.2, 0.25) is 0 Å². The minimum absolute atomic E-state index is 0.299. The highest BCUT2D eigenvalue weighted by atomic mass is 19.4. The first kappa shape index (κ1) is 15.4. The molecule has 0 aliphatic rings. The highest BCUT2D eigenvalue weighted by molar-refractivity contribution is 5.92. The van der Waals surface area contributed by atoms with E-state index in [1.165, 1.54) is 6.07 Å². The third-order valence-corrected chi connectivity index (χ3v) is 3.87. The number of rotatable bonds is 2. The molecular formula is C17H12F3N5. The van der Waals surface area contributed by atoms with Gasteiger partial charge >= 0.3 is 6.18 Å². The molecule has 0 radical (unpaired) electrons. The second-order valence-corrected chi connectivity index (χ2v) is 5.56. The molecule has 0 saturated heterocycles. The maximum atomic E-state index is 12.9. The lowest BCUT2D eigenvalue weighted by Crippen LogP contribution is -2.06. The quantitative estimate of drug-likeness (QED) is 0.588. The van der Waals surface area contributed by atoms with Crippen LogP contribution < -0.4 is 5.32 Å². The van der Waals surface area contributed by atoms with E-state index in [1.54, 1.807) is 10.5 Å². The largest absolute Gasteiger partial charge is 0.416 e. The van der Waals surface area contributed by atoms with Gasteiger partial charge in [-0.3, -0.25) is 4.40 Å². The molecule has 2 aromatic heterocycles. The normalized spacial score (nSPS) is 12.0. The van der Waals surface area contributed by atoms with Crippen molar-refractivity contribution in [2.45, 2.75) is 13.1 Å². The molecule has 0 aliphatic carbocycles. The number of nitrogens with one attached hydrogen (secondary N) is 1. The SMILES string of the molecule is Cc1nnc2nc(Nc3cccc(C(F)(F)F)c3)c3ccccc3n12. The topological polar surface area (TPSA) is 55.1 Å². The Balaban J connectivity index is 1.87. The van der Waals surface area contributed by atoms with Crippen molar-refractivity contribution in [2.75, 3.05) is 5.32 Å². The van der Waals surface area contributed by atoms with E-state index in [-0.39, 0.29) is 0 Å². The van der Waals surface area contributed by atoms with Crippen LogP contribution in [0.4, 0.5) is 24.7 Å². The first-order valence-corrected chi connectivity index (χ1v) is 7.48. The van der Waals surface area contributed by atoms with E-state index >= 15 is 0 Å². The molecule has 5 nitrogen and oxygen atoms in total. The Morgan fingerprint density at radius 3 is 2.60 bits per heavy atom. The zero-order chi connectivity index (χ0) is 17.6. The summed E-state index contributed by atoms with van der Waals surface area (Å²) in [4.78, 5) is 4.41. The molecule has 8 heteroatoms. The van der Waals surface area contributed by atoms with E-state index in [0.717, 1.165) is 23.0 Å². The van der Waals surface area contributed by atoms with Crippen LogP contribution in [0.25, 0.3) is 16.7 Å². The lowest BCUT2D eigenvalue weighted by atomic mass is 10.2. The predicted octanol–water partition coefficient (Wildman–Crippen LogP) is 4.35. The van der Waals surface area contributed by atoms with Crippen LogP contribution in [0.5, 0.6) is 0 Å². The second-order valence-electron chi connectivity index (χ2n) is 5.56. The lowest BCUT2D eigenvalue weighted by molar-refractivity contribution is -0.137. The molecule has 126 valence electrons. The summed E-state index contributed by atoms with van der Waals surface area (Å²) in [6, 6.07) is 12.4. The van der Waals surface area contributed by atoms with Gasteiger partial charge in [-0.1, -0.05) is 18.2 Å². The summed E-state index contributed by atoms with van der Waals surface area (Å²) in [5, 5.41) is 11.8. The molecule has 2 heterocycles. The highest BCUT2D eigenvalue weighted by Gasteiger charge is 2.30. The summed E-state index contributed by atoms with van der Waals surface area (Å²) in [7, 11) is 0. The van der Waals surface area contributed by atoms with Crippen LogP contribution in [0.15, 0.2) is 48.5 Å². The first-order chi connectivity index (χ1) is 11.9. The number of alkyl halides is 3. The number of aryl methyl sites for hydroxylation is 1. The third kappa shape index (κ3) is 2.65. The van der Waals surface area contributed by atoms with Gasteiger partial charge < -0.3 is 5.32 Å². The van der Waals surface area contributed by atoms with E-state index in [0.29, 0.717) is 23.1 Å². The number of aromatic nitrogens is 4. The predicted molar refractivity (Wildman–Crippen MR) is 87.8 cm³/mol. The van der Waals surface area contributed by atoms with E-state index in [1.807, 2.05) is 31.2 Å². The fourth-order valence-corrected chi connectivity index (χ4v) is 2.74. The van der Waals surface area contributed by atoms with Crippen molar-refractivity contribution in [3.63, 3.8) is 0 Å². The highest BCUT2D eigenvalue weighted by Crippen LogP contribution is 2.32. The maximum Gasteiger partial charge on any atom is 0.416 e. The van der Waals surface area contributed by atoms with Crippen LogP contribution in [-0.4, -0.2) is 19.6 Å². The average Bonchev–Trinajstić information content (AvgIpc) is 2.96. The molecule has 0 saturated carbocycles. The van der Waals surface area contributed by atoms with Gasteiger partial charge in [-0.05, 0) is 37.3 Å². The zero-order valence-corrected chi connectivity index (χ0v) is 13.0. The summed E-state index contributed by atoms with van der Waals surface area (Å²) in [5.74, 6) is 1.49. The molecule has 0 fully saturated rings. The number of hydrogen-bond donors (Lipinski definition) is 1. The fraction of sp³-hybridized carbons (Fsp3) is 0.118. The van der Waals surface area contributed by atoms with Gasteiger partial charge in [0, 0.05) is 11.1 Å². The monoisotopic (exact) mass is 343 g/mol. The van der Waals surface area contributed by atoms with E-state index in [9.17, 15) is 13.2 Å². The summed E-state index contributed by atoms with van der Waals surface area (Å²) < 4.78 is 40.5. The molecule has 0 unspecified atom stereocenters. The number of halogens is 3. The molecule has 0 atom stereocenters. The van der Waals surface area contributed by atoms with Crippen LogP contribution in [-0.2, 0) is 6.18 Å². The van der Waals surface area contributed by atoms with Gasteiger partial charge in [0.05, 0.1) is 11.1 Å². The van der Waals surface area contributed by atoms with Crippen molar-refractivity contribution in [1.29, 1.82) is 0 Å². The number of anilines is 2. The standard InChI is InChI=1S/C17H12F3N5/c1-10-23-24-16-22-15(13-7-2-3-8-14(13)25(10)16)21-12-6-4-5-11(9-12)17(18,19)20/h2-9H,1H3,(H,21,22,24). The zero-order valence-electron chi connectivity index (χ0n) is 13.0. The Kier molecular flexibility index (Phi) is 3.34. The second kappa shape index (κ2) is 5.44. The summed E-state index contributed by atoms with van der Waals surface area (Å²) >= 11 is 0. The average molecular weight is 343 g/mol. The summed E-state index contributed by atoms with van der Waals surface area (Å²) in [6.07, 6.45) is -4.40. The first-order valence-electron chi connectivity index (χ1n) is 7.48. The number of benzene rings is 2. The van der Waals surface area contributed by atoms with Crippen molar-refractivity contribution in [3.05, 3.63) is 59.9 Å². The van der Waals surface area contributed by atoms with Crippen LogP contribution in [0, 0.1) is 6.92 Å². The number of hydrogen-bond acceptors (Lipinski definition) is 4. The molecular weight excluding hydrogens is 331 g/mol. The molecule has 25 heavy (non-hydrogen) atoms. The van der Waals surface area contributed by atoms with Crippen LogP contribution >= 0.6 is 0 Å². The molecule has 0 aliphatic heterocycles. The number of nitrogens with zero attached hydrogens (tertiary/aromatic N) is 4. The van der Waals surface area contributed by atoms with Crippen LogP contribution in [0.3, 0.4) is 0 Å². The van der Waals surface area contributed by atoms with E-state index < -0.39 is 11.7 Å². The minimum atomic E-state index is -4.40. The van der Waals surface area contributed by atoms with Crippen molar-refractivity contribution < 1.29 is 13.2 Å². The number of fused-ring (bicyclic) bond motifs is 3. The Labute approximate surface area is 140 Å². The Hall–Kier alpha value is -3.16. The molecule has 0 bridgehead atoms. The van der Waals surface area contributed by atoms with Crippen molar-refractivity contribution in [1.82, 2.24) is 19.6 Å². The van der Waals surface area contributed by atoms with Crippen LogP contribution in [0.1, 0.15) is 11.4 Å². The molecule has 0 amide bonds. The van der Waals surface area contributed by atoms with Gasteiger partial charge in [-0.2, -0.15) is 18.2 Å². The minimum Gasteiger partial charge on any atom is -0.340 e. The summed E-state index contributed by atoms with van der Waals surface area (Å²) in [5.41, 5.74) is 0.402.